The molecular weight excluding hydrogens is 294 g/mol. The molecule has 0 atom stereocenters. The summed E-state index contributed by atoms with van der Waals surface area (Å²) in [6, 6.07) is 12.1. The highest BCUT2D eigenvalue weighted by Gasteiger charge is 2.08. The topological polar surface area (TPSA) is 81.8 Å². The number of hydrogen-bond donors (Lipinski definition) is 1. The number of nitrogens with zero attached hydrogens (tertiary/aromatic N) is 4. The molecule has 0 saturated heterocycles. The van der Waals surface area contributed by atoms with Crippen LogP contribution in [0.15, 0.2) is 59.7 Å². The van der Waals surface area contributed by atoms with E-state index in [1.165, 1.54) is 10.7 Å². The van der Waals surface area contributed by atoms with E-state index in [0.29, 0.717) is 11.5 Å². The molecule has 23 heavy (non-hydrogen) atoms. The fourth-order valence-electron chi connectivity index (χ4n) is 2.14. The highest BCUT2D eigenvalue weighted by Crippen LogP contribution is 2.09. The molecule has 116 valence electrons. The Morgan fingerprint density at radius 2 is 2.09 bits per heavy atom. The van der Waals surface area contributed by atoms with Gasteiger partial charge in [0.15, 0.2) is 5.82 Å². The lowest BCUT2D eigenvalue weighted by atomic mass is 10.2. The third-order valence-corrected chi connectivity index (χ3v) is 3.19. The average molecular weight is 309 g/mol. The molecular formula is C16H15N5O2. The number of nitrogens with one attached hydrogen (secondary N) is 1. The van der Waals surface area contributed by atoms with Crippen molar-refractivity contribution < 1.29 is 4.79 Å². The lowest BCUT2D eigenvalue weighted by Crippen LogP contribution is -2.30. The van der Waals surface area contributed by atoms with Gasteiger partial charge < -0.3 is 5.32 Å². The summed E-state index contributed by atoms with van der Waals surface area (Å²) in [4.78, 5) is 24.0. The molecule has 0 spiro atoms. The molecule has 0 saturated carbocycles. The van der Waals surface area contributed by atoms with Crippen LogP contribution in [0.2, 0.25) is 0 Å². The number of carbonyl (C=O) groups is 1. The Kier molecular flexibility index (Phi) is 4.01. The van der Waals surface area contributed by atoms with Gasteiger partial charge in [-0.1, -0.05) is 12.1 Å². The molecule has 2 heterocycles. The van der Waals surface area contributed by atoms with E-state index in [-0.39, 0.29) is 18.0 Å². The number of anilines is 1. The maximum atomic E-state index is 12.1. The number of aromatic nitrogens is 4. The maximum Gasteiger partial charge on any atom is 0.267 e. The van der Waals surface area contributed by atoms with Crippen LogP contribution in [0.5, 0.6) is 0 Å². The van der Waals surface area contributed by atoms with Crippen molar-refractivity contribution >= 4 is 11.6 Å². The summed E-state index contributed by atoms with van der Waals surface area (Å²) in [6.45, 7) is 1.77. The van der Waals surface area contributed by atoms with Crippen LogP contribution in [0.3, 0.4) is 0 Å². The van der Waals surface area contributed by atoms with Crippen molar-refractivity contribution in [1.82, 2.24) is 19.6 Å². The standard InChI is InChI=1S/C16H15N5O2/c1-12-4-2-5-13(10-12)18-15(22)11-21-16(23)7-6-14(19-21)20-9-3-8-17-20/h2-10H,11H2,1H3,(H,18,22). The normalized spacial score (nSPS) is 10.5. The molecule has 1 N–H and O–H groups in total. The van der Waals surface area contributed by atoms with Gasteiger partial charge in [-0.05, 0) is 36.8 Å². The Morgan fingerprint density at radius 3 is 2.83 bits per heavy atom. The Bertz CT molecular complexity index is 883. The second kappa shape index (κ2) is 6.27. The highest BCUT2D eigenvalue weighted by atomic mass is 16.2. The quantitative estimate of drug-likeness (QED) is 0.789. The van der Waals surface area contributed by atoms with Crippen LogP contribution in [0.25, 0.3) is 5.82 Å². The molecule has 0 bridgehead atoms. The number of benzene rings is 1. The second-order valence-corrected chi connectivity index (χ2v) is 5.06. The zero-order valence-corrected chi connectivity index (χ0v) is 12.5. The van der Waals surface area contributed by atoms with Crippen molar-refractivity contribution in [2.45, 2.75) is 13.5 Å². The molecule has 3 aromatic rings. The first-order chi connectivity index (χ1) is 11.1. The largest absolute Gasteiger partial charge is 0.324 e. The molecule has 0 aliphatic rings. The van der Waals surface area contributed by atoms with E-state index in [4.69, 9.17) is 0 Å². The van der Waals surface area contributed by atoms with Crippen LogP contribution >= 0.6 is 0 Å². The van der Waals surface area contributed by atoms with Gasteiger partial charge in [0.05, 0.1) is 0 Å². The minimum atomic E-state index is -0.347. The van der Waals surface area contributed by atoms with E-state index in [1.54, 1.807) is 30.6 Å². The molecule has 0 aliphatic heterocycles. The van der Waals surface area contributed by atoms with E-state index in [1.807, 2.05) is 25.1 Å². The smallest absolute Gasteiger partial charge is 0.267 e. The summed E-state index contributed by atoms with van der Waals surface area (Å²) in [5.41, 5.74) is 1.38. The maximum absolute atomic E-state index is 12.1. The molecule has 0 aliphatic carbocycles. The minimum absolute atomic E-state index is 0.165. The summed E-state index contributed by atoms with van der Waals surface area (Å²) >= 11 is 0. The summed E-state index contributed by atoms with van der Waals surface area (Å²) in [7, 11) is 0. The first-order valence-electron chi connectivity index (χ1n) is 7.06. The Balaban J connectivity index is 1.78. The molecule has 7 nitrogen and oxygen atoms in total. The molecule has 7 heteroatoms. The van der Waals surface area contributed by atoms with Crippen LogP contribution in [-0.4, -0.2) is 25.5 Å². The molecule has 0 unspecified atom stereocenters. The third-order valence-electron chi connectivity index (χ3n) is 3.19. The third kappa shape index (κ3) is 3.52. The van der Waals surface area contributed by atoms with E-state index in [0.717, 1.165) is 10.2 Å². The predicted octanol–water partition coefficient (Wildman–Crippen LogP) is 1.38. The fourth-order valence-corrected chi connectivity index (χ4v) is 2.14. The Morgan fingerprint density at radius 1 is 1.22 bits per heavy atom. The number of hydrogen-bond acceptors (Lipinski definition) is 4. The Labute approximate surface area is 132 Å². The van der Waals surface area contributed by atoms with E-state index >= 15 is 0 Å². The predicted molar refractivity (Wildman–Crippen MR) is 85.4 cm³/mol. The van der Waals surface area contributed by atoms with Crippen LogP contribution in [0, 0.1) is 6.92 Å². The van der Waals surface area contributed by atoms with Gasteiger partial charge in [-0.3, -0.25) is 9.59 Å². The van der Waals surface area contributed by atoms with Crippen molar-refractivity contribution in [3.63, 3.8) is 0 Å². The van der Waals surface area contributed by atoms with Crippen molar-refractivity contribution in [1.29, 1.82) is 0 Å². The number of amides is 1. The zero-order chi connectivity index (χ0) is 16.2. The second-order valence-electron chi connectivity index (χ2n) is 5.06. The van der Waals surface area contributed by atoms with E-state index < -0.39 is 0 Å². The summed E-state index contributed by atoms with van der Waals surface area (Å²) < 4.78 is 2.64. The monoisotopic (exact) mass is 309 g/mol. The van der Waals surface area contributed by atoms with Gasteiger partial charge in [-0.25, -0.2) is 9.36 Å². The van der Waals surface area contributed by atoms with E-state index in [9.17, 15) is 9.59 Å². The summed E-state index contributed by atoms with van der Waals surface area (Å²) in [6.07, 6.45) is 3.32. The minimum Gasteiger partial charge on any atom is -0.324 e. The zero-order valence-electron chi connectivity index (χ0n) is 12.5. The van der Waals surface area contributed by atoms with Crippen LogP contribution in [-0.2, 0) is 11.3 Å². The van der Waals surface area contributed by atoms with Crippen LogP contribution in [0.4, 0.5) is 5.69 Å². The molecule has 0 radical (unpaired) electrons. The van der Waals surface area contributed by atoms with Gasteiger partial charge in [-0.15, -0.1) is 5.10 Å². The van der Waals surface area contributed by atoms with E-state index in [2.05, 4.69) is 15.5 Å². The number of rotatable bonds is 4. The van der Waals surface area contributed by atoms with Gasteiger partial charge in [-0.2, -0.15) is 5.10 Å². The average Bonchev–Trinajstić information content (AvgIpc) is 3.04. The van der Waals surface area contributed by atoms with Crippen LogP contribution in [0.1, 0.15) is 5.56 Å². The first kappa shape index (κ1) is 14.7. The molecule has 1 aromatic carbocycles. The van der Waals surface area contributed by atoms with Gasteiger partial charge >= 0.3 is 0 Å². The van der Waals surface area contributed by atoms with Crippen molar-refractivity contribution in [3.8, 4) is 5.82 Å². The number of aryl methyl sites for hydroxylation is 1. The SMILES string of the molecule is Cc1cccc(NC(=O)Cn2nc(-n3cccn3)ccc2=O)c1. The molecule has 2 aromatic heterocycles. The molecule has 0 fully saturated rings. The van der Waals surface area contributed by atoms with Crippen molar-refractivity contribution in [3.05, 3.63) is 70.8 Å². The fraction of sp³-hybridized carbons (Fsp3) is 0.125. The van der Waals surface area contributed by atoms with Gasteiger partial charge in [0.2, 0.25) is 5.91 Å². The lowest BCUT2D eigenvalue weighted by Gasteiger charge is -2.08. The highest BCUT2D eigenvalue weighted by molar-refractivity contribution is 5.90. The van der Waals surface area contributed by atoms with Gasteiger partial charge in [0.25, 0.3) is 5.56 Å². The molecule has 3 rings (SSSR count). The van der Waals surface area contributed by atoms with Crippen LogP contribution < -0.4 is 10.9 Å². The number of carbonyl (C=O) groups excluding carboxylic acids is 1. The van der Waals surface area contributed by atoms with Gasteiger partial charge in [0.1, 0.15) is 6.54 Å². The summed E-state index contributed by atoms with van der Waals surface area (Å²) in [5, 5.41) is 11.0. The molecule has 1 amide bonds. The van der Waals surface area contributed by atoms with Crippen molar-refractivity contribution in [2.75, 3.05) is 5.32 Å². The summed E-state index contributed by atoms with van der Waals surface area (Å²) in [5.74, 6) is 0.153. The van der Waals surface area contributed by atoms with Crippen molar-refractivity contribution in [2.24, 2.45) is 0 Å². The lowest BCUT2D eigenvalue weighted by molar-refractivity contribution is -0.117. The first-order valence-corrected chi connectivity index (χ1v) is 7.06. The van der Waals surface area contributed by atoms with Gasteiger partial charge in [0, 0.05) is 24.1 Å². The Hall–Kier alpha value is -3.22.